The van der Waals surface area contributed by atoms with E-state index in [2.05, 4.69) is 18.2 Å². The molecular formula is C23H22N2O2. The van der Waals surface area contributed by atoms with Gasteiger partial charge < -0.3 is 15.2 Å². The van der Waals surface area contributed by atoms with Gasteiger partial charge in [-0.1, -0.05) is 48.6 Å². The van der Waals surface area contributed by atoms with E-state index in [1.807, 2.05) is 48.5 Å². The number of allylic oxidation sites excluding steroid dienone is 3. The lowest BCUT2D eigenvalue weighted by Gasteiger charge is -2.33. The van der Waals surface area contributed by atoms with Crippen molar-refractivity contribution in [1.29, 1.82) is 5.26 Å². The molecule has 0 fully saturated rings. The summed E-state index contributed by atoms with van der Waals surface area (Å²) in [7, 11) is 0. The van der Waals surface area contributed by atoms with Crippen molar-refractivity contribution in [1.82, 2.24) is 0 Å². The van der Waals surface area contributed by atoms with E-state index in [4.69, 9.17) is 15.2 Å². The Bertz CT molecular complexity index is 925. The first-order chi connectivity index (χ1) is 13.3. The molecule has 0 bridgehead atoms. The summed E-state index contributed by atoms with van der Waals surface area (Å²) in [5, 5.41) is 9.64. The first kappa shape index (κ1) is 17.2. The third-order valence-corrected chi connectivity index (χ3v) is 5.27. The molecule has 1 aliphatic carbocycles. The zero-order chi connectivity index (χ0) is 18.6. The van der Waals surface area contributed by atoms with Gasteiger partial charge in [0, 0.05) is 17.5 Å². The minimum absolute atomic E-state index is 0.0214. The van der Waals surface area contributed by atoms with Crippen molar-refractivity contribution in [3.63, 3.8) is 0 Å². The average Bonchev–Trinajstić information content (AvgIpc) is 2.72. The van der Waals surface area contributed by atoms with E-state index in [0.29, 0.717) is 23.8 Å². The maximum absolute atomic E-state index is 9.64. The molecule has 2 aliphatic rings. The molecule has 0 radical (unpaired) electrons. The van der Waals surface area contributed by atoms with Crippen LogP contribution in [0.25, 0.3) is 0 Å². The van der Waals surface area contributed by atoms with E-state index in [1.165, 1.54) is 0 Å². The molecule has 1 aliphatic heterocycles. The Labute approximate surface area is 159 Å². The number of nitriles is 1. The lowest BCUT2D eigenvalue weighted by molar-refractivity contribution is 0.300. The number of hydrogen-bond donors (Lipinski definition) is 1. The van der Waals surface area contributed by atoms with Crippen molar-refractivity contribution in [2.75, 3.05) is 0 Å². The number of nitrogens with two attached hydrogens (primary N) is 1. The van der Waals surface area contributed by atoms with Gasteiger partial charge in [-0.3, -0.25) is 0 Å². The molecule has 0 spiro atoms. The molecule has 2 atom stereocenters. The summed E-state index contributed by atoms with van der Waals surface area (Å²) < 4.78 is 11.7. The second-order valence-corrected chi connectivity index (χ2v) is 6.99. The van der Waals surface area contributed by atoms with Gasteiger partial charge in [-0.05, 0) is 36.8 Å². The smallest absolute Gasteiger partial charge is 0.205 e. The van der Waals surface area contributed by atoms with Crippen LogP contribution in [0.2, 0.25) is 0 Å². The molecule has 0 aromatic heterocycles. The summed E-state index contributed by atoms with van der Waals surface area (Å²) in [6.45, 7) is 0.491. The largest absolute Gasteiger partial charge is 0.489 e. The quantitative estimate of drug-likeness (QED) is 0.798. The molecule has 2 aromatic rings. The van der Waals surface area contributed by atoms with Gasteiger partial charge in [-0.15, -0.1) is 0 Å². The lowest BCUT2D eigenvalue weighted by Crippen LogP contribution is -2.25. The number of nitrogens with zero attached hydrogens (tertiary/aromatic N) is 1. The fraction of sp³-hybridized carbons (Fsp3) is 0.261. The number of ether oxygens (including phenoxy) is 2. The molecule has 0 amide bonds. The van der Waals surface area contributed by atoms with Crippen LogP contribution >= 0.6 is 0 Å². The van der Waals surface area contributed by atoms with Crippen LogP contribution in [-0.2, 0) is 6.61 Å². The van der Waals surface area contributed by atoms with E-state index in [1.54, 1.807) is 0 Å². The van der Waals surface area contributed by atoms with E-state index >= 15 is 0 Å². The summed E-state index contributed by atoms with van der Waals surface area (Å²) in [6.07, 6.45) is 7.44. The van der Waals surface area contributed by atoms with Gasteiger partial charge in [0.25, 0.3) is 0 Å². The van der Waals surface area contributed by atoms with Crippen molar-refractivity contribution in [3.05, 3.63) is 83.3 Å². The normalized spacial score (nSPS) is 21.1. The topological polar surface area (TPSA) is 68.3 Å². The molecule has 4 rings (SSSR count). The van der Waals surface area contributed by atoms with Gasteiger partial charge in [-0.25, -0.2) is 0 Å². The van der Waals surface area contributed by atoms with Crippen LogP contribution in [0.3, 0.4) is 0 Å². The maximum atomic E-state index is 9.64. The number of fused-ring (bicyclic) bond motifs is 1. The molecule has 4 heteroatoms. The van der Waals surface area contributed by atoms with Crippen LogP contribution in [0.15, 0.2) is 72.1 Å². The van der Waals surface area contributed by atoms with Crippen molar-refractivity contribution in [2.45, 2.75) is 31.8 Å². The highest BCUT2D eigenvalue weighted by molar-refractivity contribution is 5.53. The average molecular weight is 358 g/mol. The molecule has 136 valence electrons. The van der Waals surface area contributed by atoms with Gasteiger partial charge in [0.2, 0.25) is 5.88 Å². The second kappa shape index (κ2) is 7.59. The molecule has 2 N–H and O–H groups in total. The Morgan fingerprint density at radius 1 is 1.15 bits per heavy atom. The van der Waals surface area contributed by atoms with Gasteiger partial charge >= 0.3 is 0 Å². The highest BCUT2D eigenvalue weighted by Crippen LogP contribution is 2.46. The molecule has 0 unspecified atom stereocenters. The number of rotatable bonds is 4. The summed E-state index contributed by atoms with van der Waals surface area (Å²) >= 11 is 0. The van der Waals surface area contributed by atoms with Crippen molar-refractivity contribution >= 4 is 0 Å². The highest BCUT2D eigenvalue weighted by Gasteiger charge is 2.35. The zero-order valence-corrected chi connectivity index (χ0v) is 15.1. The molecule has 4 nitrogen and oxygen atoms in total. The Morgan fingerprint density at radius 3 is 2.74 bits per heavy atom. The molecule has 0 saturated carbocycles. The molecule has 2 aromatic carbocycles. The van der Waals surface area contributed by atoms with E-state index in [9.17, 15) is 5.26 Å². The van der Waals surface area contributed by atoms with Crippen LogP contribution in [0, 0.1) is 17.2 Å². The third-order valence-electron chi connectivity index (χ3n) is 5.27. The van der Waals surface area contributed by atoms with Crippen LogP contribution in [-0.4, -0.2) is 0 Å². The fourth-order valence-corrected chi connectivity index (χ4v) is 3.91. The van der Waals surface area contributed by atoms with E-state index < -0.39 is 0 Å². The maximum Gasteiger partial charge on any atom is 0.205 e. The van der Waals surface area contributed by atoms with Crippen molar-refractivity contribution in [2.24, 2.45) is 11.7 Å². The monoisotopic (exact) mass is 358 g/mol. The second-order valence-electron chi connectivity index (χ2n) is 6.99. The van der Waals surface area contributed by atoms with Crippen molar-refractivity contribution < 1.29 is 9.47 Å². The molecule has 27 heavy (non-hydrogen) atoms. The first-order valence-corrected chi connectivity index (χ1v) is 9.29. The SMILES string of the molecule is N#CC1=C(N)Oc2cc(OCc3ccccc3)ccc2[C@@H]1[C@H]1CC=CCC1. The van der Waals surface area contributed by atoms with Crippen LogP contribution in [0.4, 0.5) is 0 Å². The fourth-order valence-electron chi connectivity index (χ4n) is 3.91. The Morgan fingerprint density at radius 2 is 2.00 bits per heavy atom. The lowest BCUT2D eigenvalue weighted by atomic mass is 9.74. The molecule has 1 heterocycles. The molecular weight excluding hydrogens is 336 g/mol. The van der Waals surface area contributed by atoms with Crippen LogP contribution < -0.4 is 15.2 Å². The molecule has 0 saturated heterocycles. The van der Waals surface area contributed by atoms with Gasteiger partial charge in [0.15, 0.2) is 0 Å². The third kappa shape index (κ3) is 3.54. The Balaban J connectivity index is 1.61. The van der Waals surface area contributed by atoms with Gasteiger partial charge in [-0.2, -0.15) is 5.26 Å². The first-order valence-electron chi connectivity index (χ1n) is 9.29. The minimum Gasteiger partial charge on any atom is -0.489 e. The van der Waals surface area contributed by atoms with Crippen molar-refractivity contribution in [3.8, 4) is 17.6 Å². The summed E-state index contributed by atoms with van der Waals surface area (Å²) in [5.41, 5.74) is 8.76. The summed E-state index contributed by atoms with van der Waals surface area (Å²) in [6, 6.07) is 18.2. The Hall–Kier alpha value is -3.19. The van der Waals surface area contributed by atoms with E-state index in [-0.39, 0.29) is 11.8 Å². The number of hydrogen-bond acceptors (Lipinski definition) is 4. The highest BCUT2D eigenvalue weighted by atomic mass is 16.5. The van der Waals surface area contributed by atoms with E-state index in [0.717, 1.165) is 36.1 Å². The summed E-state index contributed by atoms with van der Waals surface area (Å²) in [5.74, 6) is 1.98. The minimum atomic E-state index is -0.0214. The Kier molecular flexibility index (Phi) is 4.84. The van der Waals surface area contributed by atoms with Gasteiger partial charge in [0.1, 0.15) is 24.2 Å². The predicted molar refractivity (Wildman–Crippen MR) is 104 cm³/mol. The summed E-state index contributed by atoms with van der Waals surface area (Å²) in [4.78, 5) is 0. The standard InChI is InChI=1S/C23H22N2O2/c24-14-20-22(17-9-5-2-6-10-17)19-12-11-18(13-21(19)27-23(20)25)26-15-16-7-3-1-4-8-16/h1-5,7-8,11-13,17,22H,6,9-10,15,25H2/t17-,22-/m0/s1. The van der Waals surface area contributed by atoms with Crippen LogP contribution in [0.5, 0.6) is 11.5 Å². The van der Waals surface area contributed by atoms with Crippen LogP contribution in [0.1, 0.15) is 36.3 Å². The number of benzene rings is 2. The zero-order valence-electron chi connectivity index (χ0n) is 15.1. The predicted octanol–water partition coefficient (Wildman–Crippen LogP) is 4.79. The van der Waals surface area contributed by atoms with Gasteiger partial charge in [0.05, 0.1) is 5.57 Å².